The Bertz CT molecular complexity index is 1410. The first-order valence-electron chi connectivity index (χ1n) is 11.2. The maximum Gasteiger partial charge on any atom is 0.328 e. The van der Waals surface area contributed by atoms with Crippen molar-refractivity contribution in [1.82, 2.24) is 24.5 Å². The maximum absolute atomic E-state index is 12.7. The van der Waals surface area contributed by atoms with Gasteiger partial charge >= 0.3 is 5.69 Å². The molecule has 8 nitrogen and oxygen atoms in total. The molecule has 8 heteroatoms. The molecule has 0 saturated carbocycles. The Morgan fingerprint density at radius 1 is 1.21 bits per heavy atom. The first-order valence-corrected chi connectivity index (χ1v) is 11.2. The quantitative estimate of drug-likeness (QED) is 0.188. The first kappa shape index (κ1) is 23.1. The van der Waals surface area contributed by atoms with Crippen LogP contribution in [0.5, 0.6) is 0 Å². The largest absolute Gasteiger partial charge is 0.328 e. The summed E-state index contributed by atoms with van der Waals surface area (Å²) in [4.78, 5) is 29.3. The molecule has 0 radical (unpaired) electrons. The molecule has 0 aliphatic heterocycles. The van der Waals surface area contributed by atoms with Crippen LogP contribution >= 0.6 is 0 Å². The fraction of sp³-hybridized carbons (Fsp3) is 0.231. The van der Waals surface area contributed by atoms with Crippen LogP contribution in [0.15, 0.2) is 70.6 Å². The van der Waals surface area contributed by atoms with E-state index >= 15 is 0 Å². The number of nitrogens with zero attached hydrogens (tertiary/aromatic N) is 5. The van der Waals surface area contributed by atoms with E-state index in [1.165, 1.54) is 10.6 Å². The zero-order chi connectivity index (χ0) is 24.2. The van der Waals surface area contributed by atoms with E-state index in [0.717, 1.165) is 22.4 Å². The molecule has 0 aliphatic carbocycles. The molecular weight excluding hydrogens is 426 g/mol. The number of hydrogen-bond donors (Lipinski definition) is 2. The average molecular weight is 456 g/mol. The van der Waals surface area contributed by atoms with Crippen LogP contribution in [0.1, 0.15) is 43.4 Å². The molecule has 0 aliphatic rings. The molecule has 0 bridgehead atoms. The van der Waals surface area contributed by atoms with Gasteiger partial charge in [-0.15, -0.1) is 0 Å². The second-order valence-electron chi connectivity index (χ2n) is 8.47. The van der Waals surface area contributed by atoms with Crippen LogP contribution in [0.3, 0.4) is 0 Å². The Morgan fingerprint density at radius 2 is 1.94 bits per heavy atom. The molecule has 0 fully saturated rings. The molecule has 4 aromatic rings. The third-order valence-corrected chi connectivity index (χ3v) is 5.58. The van der Waals surface area contributed by atoms with Crippen molar-refractivity contribution in [2.45, 2.75) is 33.2 Å². The number of benzene rings is 2. The third kappa shape index (κ3) is 4.82. The normalized spacial score (nSPS) is 12.2. The van der Waals surface area contributed by atoms with Gasteiger partial charge in [-0.3, -0.25) is 4.57 Å². The summed E-state index contributed by atoms with van der Waals surface area (Å²) >= 11 is 0. The molecule has 34 heavy (non-hydrogen) atoms. The average Bonchev–Trinajstić information content (AvgIpc) is 3.14. The molecule has 0 atom stereocenters. The minimum absolute atomic E-state index is 0.215. The van der Waals surface area contributed by atoms with E-state index in [1.807, 2.05) is 55.5 Å². The standard InChI is InChI=1S/C26H29N7O/c1-5-22(29-16-32(4)27)19-12-10-18(11-13-19)15-33-25-23(30-26(33)34)14-28-24(31-25)21-9-7-6-8-20(21)17(2)3/h5-14,16-17H,15,27H2,1-4H3,(H,30,34)/b22-5-,29-16?. The first-order chi connectivity index (χ1) is 16.4. The highest BCUT2D eigenvalue weighted by molar-refractivity contribution is 5.74. The molecule has 4 rings (SSSR count). The summed E-state index contributed by atoms with van der Waals surface area (Å²) in [5, 5.41) is 1.40. The Morgan fingerprint density at radius 3 is 2.62 bits per heavy atom. The van der Waals surface area contributed by atoms with Crippen molar-refractivity contribution in [1.29, 1.82) is 0 Å². The van der Waals surface area contributed by atoms with E-state index in [0.29, 0.717) is 29.5 Å². The lowest BCUT2D eigenvalue weighted by Gasteiger charge is -2.11. The monoisotopic (exact) mass is 455 g/mol. The Hall–Kier alpha value is -4.04. The number of hydrogen-bond acceptors (Lipinski definition) is 5. The van der Waals surface area contributed by atoms with Gasteiger partial charge in [-0.05, 0) is 29.5 Å². The Labute approximate surface area is 198 Å². The van der Waals surface area contributed by atoms with Gasteiger partial charge in [0.2, 0.25) is 0 Å². The molecule has 0 amide bonds. The summed E-state index contributed by atoms with van der Waals surface area (Å²) in [5.41, 5.74) is 5.89. The minimum Gasteiger partial charge on any atom is -0.304 e. The van der Waals surface area contributed by atoms with Crippen LogP contribution in [0, 0.1) is 0 Å². The molecule has 0 spiro atoms. The number of aliphatic imine (C=N–C) groups is 1. The highest BCUT2D eigenvalue weighted by Crippen LogP contribution is 2.27. The Kier molecular flexibility index (Phi) is 6.70. The van der Waals surface area contributed by atoms with Crippen molar-refractivity contribution in [3.05, 3.63) is 88.0 Å². The second-order valence-corrected chi connectivity index (χ2v) is 8.47. The highest BCUT2D eigenvalue weighted by Gasteiger charge is 2.15. The van der Waals surface area contributed by atoms with Gasteiger partial charge in [0.1, 0.15) is 11.9 Å². The SMILES string of the molecule is C/C=C(\N=CN(C)N)c1ccc(Cn2c(=O)[nH]c3cnc(-c4ccccc4C(C)C)nc32)cc1. The van der Waals surface area contributed by atoms with Gasteiger partial charge in [0.05, 0.1) is 18.4 Å². The predicted octanol–water partition coefficient (Wildman–Crippen LogP) is 4.15. The summed E-state index contributed by atoms with van der Waals surface area (Å²) in [5.74, 6) is 6.56. The second kappa shape index (κ2) is 9.84. The summed E-state index contributed by atoms with van der Waals surface area (Å²) in [6.07, 6.45) is 5.16. The fourth-order valence-corrected chi connectivity index (χ4v) is 3.86. The van der Waals surface area contributed by atoms with Crippen LogP contribution < -0.4 is 11.5 Å². The van der Waals surface area contributed by atoms with E-state index < -0.39 is 0 Å². The van der Waals surface area contributed by atoms with Gasteiger partial charge in [-0.2, -0.15) is 0 Å². The number of nitrogens with one attached hydrogen (secondary N) is 1. The molecule has 0 saturated heterocycles. The minimum atomic E-state index is -0.215. The van der Waals surface area contributed by atoms with E-state index in [1.54, 1.807) is 24.2 Å². The molecule has 2 aromatic carbocycles. The van der Waals surface area contributed by atoms with Gasteiger partial charge in [0, 0.05) is 12.6 Å². The van der Waals surface area contributed by atoms with E-state index in [-0.39, 0.29) is 5.69 Å². The van der Waals surface area contributed by atoms with E-state index in [4.69, 9.17) is 10.8 Å². The zero-order valence-corrected chi connectivity index (χ0v) is 19.9. The molecule has 2 aromatic heterocycles. The van der Waals surface area contributed by atoms with Crippen LogP contribution in [0.2, 0.25) is 0 Å². The number of fused-ring (bicyclic) bond motifs is 1. The fourth-order valence-electron chi connectivity index (χ4n) is 3.86. The molecule has 3 N–H and O–H groups in total. The molecule has 2 heterocycles. The molecule has 0 unspecified atom stereocenters. The van der Waals surface area contributed by atoms with Crippen molar-refractivity contribution >= 4 is 23.2 Å². The van der Waals surface area contributed by atoms with Crippen molar-refractivity contribution in [3.8, 4) is 11.4 Å². The zero-order valence-electron chi connectivity index (χ0n) is 19.9. The summed E-state index contributed by atoms with van der Waals surface area (Å²) in [7, 11) is 1.72. The lowest BCUT2D eigenvalue weighted by molar-refractivity contribution is 0.556. The van der Waals surface area contributed by atoms with E-state index in [2.05, 4.69) is 34.9 Å². The van der Waals surface area contributed by atoms with Gasteiger partial charge < -0.3 is 9.99 Å². The van der Waals surface area contributed by atoms with Gasteiger partial charge in [-0.1, -0.05) is 68.5 Å². The van der Waals surface area contributed by atoms with Crippen LogP contribution in [-0.2, 0) is 6.54 Å². The number of allylic oxidation sites excluding steroid dienone is 1. The van der Waals surface area contributed by atoms with Crippen LogP contribution in [-0.4, -0.2) is 37.9 Å². The summed E-state index contributed by atoms with van der Waals surface area (Å²) < 4.78 is 1.64. The number of imidazole rings is 1. The topological polar surface area (TPSA) is 105 Å². The predicted molar refractivity (Wildman–Crippen MR) is 137 cm³/mol. The number of hydrazine groups is 1. The van der Waals surface area contributed by atoms with Crippen molar-refractivity contribution in [3.63, 3.8) is 0 Å². The van der Waals surface area contributed by atoms with Gasteiger partial charge in [0.15, 0.2) is 11.5 Å². The third-order valence-electron chi connectivity index (χ3n) is 5.58. The number of aromatic amines is 1. The van der Waals surface area contributed by atoms with Crippen LogP contribution in [0.25, 0.3) is 28.2 Å². The van der Waals surface area contributed by atoms with Gasteiger partial charge in [-0.25, -0.2) is 25.6 Å². The number of rotatable bonds is 7. The highest BCUT2D eigenvalue weighted by atomic mass is 16.1. The van der Waals surface area contributed by atoms with E-state index in [9.17, 15) is 4.79 Å². The number of nitrogens with two attached hydrogens (primary N) is 1. The van der Waals surface area contributed by atoms with Crippen LogP contribution in [0.4, 0.5) is 0 Å². The van der Waals surface area contributed by atoms with Crippen molar-refractivity contribution < 1.29 is 0 Å². The van der Waals surface area contributed by atoms with Crippen molar-refractivity contribution in [2.24, 2.45) is 10.8 Å². The summed E-state index contributed by atoms with van der Waals surface area (Å²) in [6, 6.07) is 16.1. The van der Waals surface area contributed by atoms with Crippen molar-refractivity contribution in [2.75, 3.05) is 7.05 Å². The summed E-state index contributed by atoms with van der Waals surface area (Å²) in [6.45, 7) is 6.61. The maximum atomic E-state index is 12.7. The molecule has 174 valence electrons. The number of H-pyrrole nitrogens is 1. The van der Waals surface area contributed by atoms with Gasteiger partial charge in [0.25, 0.3) is 0 Å². The Balaban J connectivity index is 1.67. The lowest BCUT2D eigenvalue weighted by atomic mass is 9.97. The molecular formula is C26H29N7O. The lowest BCUT2D eigenvalue weighted by Crippen LogP contribution is -2.23. The number of aromatic nitrogens is 4. The smallest absolute Gasteiger partial charge is 0.304 e.